The van der Waals surface area contributed by atoms with E-state index in [1.54, 1.807) is 12.1 Å². The summed E-state index contributed by atoms with van der Waals surface area (Å²) in [7, 11) is 0. The lowest BCUT2D eigenvalue weighted by atomic mass is 9.89. The van der Waals surface area contributed by atoms with Crippen molar-refractivity contribution in [1.29, 1.82) is 5.26 Å². The van der Waals surface area contributed by atoms with Crippen LogP contribution in [0.5, 0.6) is 5.75 Å². The van der Waals surface area contributed by atoms with Crippen LogP contribution in [0, 0.1) is 26.9 Å². The van der Waals surface area contributed by atoms with Crippen molar-refractivity contribution in [3.8, 4) is 11.8 Å². The molecule has 2 N–H and O–H groups in total. The van der Waals surface area contributed by atoms with Crippen LogP contribution in [0.25, 0.3) is 0 Å². The summed E-state index contributed by atoms with van der Waals surface area (Å²) < 4.78 is 5.51. The summed E-state index contributed by atoms with van der Waals surface area (Å²) in [5.74, 6) is 0.252. The fourth-order valence-electron chi connectivity index (χ4n) is 1.86. The number of nitriles is 1. The zero-order valence-corrected chi connectivity index (χ0v) is 12.5. The van der Waals surface area contributed by atoms with Gasteiger partial charge in [0, 0.05) is 12.6 Å². The molecular weight excluding hydrogens is 270 g/mol. The number of hydrogen-bond donors (Lipinski definition) is 1. The number of nitrogens with zero attached hydrogens (tertiary/aromatic N) is 2. The van der Waals surface area contributed by atoms with Crippen molar-refractivity contribution in [3.63, 3.8) is 0 Å². The van der Waals surface area contributed by atoms with Crippen molar-refractivity contribution in [1.82, 2.24) is 0 Å². The predicted molar refractivity (Wildman–Crippen MR) is 79.7 cm³/mol. The molecular formula is C15H21N3O3. The highest BCUT2D eigenvalue weighted by molar-refractivity contribution is 5.48. The minimum Gasteiger partial charge on any atom is -0.487 e. The van der Waals surface area contributed by atoms with Gasteiger partial charge in [-0.05, 0) is 44.7 Å². The van der Waals surface area contributed by atoms with Crippen molar-refractivity contribution >= 4 is 5.69 Å². The summed E-state index contributed by atoms with van der Waals surface area (Å²) in [5, 5.41) is 19.9. The van der Waals surface area contributed by atoms with Crippen molar-refractivity contribution in [2.45, 2.75) is 39.7 Å². The maximum atomic E-state index is 10.9. The maximum Gasteiger partial charge on any atom is 0.310 e. The first kappa shape index (κ1) is 16.9. The second kappa shape index (κ2) is 7.60. The summed E-state index contributed by atoms with van der Waals surface area (Å²) >= 11 is 0. The Morgan fingerprint density at radius 1 is 1.43 bits per heavy atom. The Balaban J connectivity index is 2.55. The molecule has 6 heteroatoms. The van der Waals surface area contributed by atoms with E-state index in [2.05, 4.69) is 6.07 Å². The number of unbranched alkanes of at least 4 members (excludes halogenated alkanes) is 1. The molecule has 114 valence electrons. The second-order valence-corrected chi connectivity index (χ2v) is 5.56. The molecule has 0 amide bonds. The minimum atomic E-state index is -0.464. The first-order valence-corrected chi connectivity index (χ1v) is 6.91. The molecule has 0 aliphatic heterocycles. The van der Waals surface area contributed by atoms with Gasteiger partial charge in [-0.2, -0.15) is 5.26 Å². The van der Waals surface area contributed by atoms with Gasteiger partial charge in [0.1, 0.15) is 0 Å². The smallest absolute Gasteiger partial charge is 0.310 e. The average molecular weight is 291 g/mol. The molecule has 21 heavy (non-hydrogen) atoms. The van der Waals surface area contributed by atoms with Gasteiger partial charge in [0.25, 0.3) is 0 Å². The van der Waals surface area contributed by atoms with E-state index in [0.29, 0.717) is 13.2 Å². The van der Waals surface area contributed by atoms with Crippen LogP contribution in [0.4, 0.5) is 5.69 Å². The van der Waals surface area contributed by atoms with Crippen LogP contribution >= 0.6 is 0 Å². The Morgan fingerprint density at radius 3 is 2.71 bits per heavy atom. The molecule has 0 fully saturated rings. The van der Waals surface area contributed by atoms with Gasteiger partial charge in [-0.15, -0.1) is 0 Å². The standard InChI is InChI=1S/C15H21N3O3/c1-15(2,11-17)7-3-4-8-21-14-9-12(10-16)5-6-13(14)18(19)20/h5-6,9H,3-4,7-8,10,16H2,1-2H3. The zero-order chi connectivity index (χ0) is 15.9. The number of hydrogen-bond acceptors (Lipinski definition) is 5. The second-order valence-electron chi connectivity index (χ2n) is 5.56. The molecule has 0 aromatic heterocycles. The van der Waals surface area contributed by atoms with E-state index < -0.39 is 4.92 Å². The highest BCUT2D eigenvalue weighted by Gasteiger charge is 2.17. The molecule has 0 spiro atoms. The van der Waals surface area contributed by atoms with Crippen LogP contribution in [0.15, 0.2) is 18.2 Å². The fraction of sp³-hybridized carbons (Fsp3) is 0.533. The van der Waals surface area contributed by atoms with Crippen LogP contribution in [-0.2, 0) is 6.54 Å². The molecule has 1 aromatic carbocycles. The largest absolute Gasteiger partial charge is 0.487 e. The van der Waals surface area contributed by atoms with Gasteiger partial charge in [-0.1, -0.05) is 6.07 Å². The quantitative estimate of drug-likeness (QED) is 0.450. The van der Waals surface area contributed by atoms with Crippen molar-refractivity contribution in [2.24, 2.45) is 11.1 Å². The Hall–Kier alpha value is -2.13. The van der Waals surface area contributed by atoms with Crippen molar-refractivity contribution in [3.05, 3.63) is 33.9 Å². The molecule has 0 heterocycles. The van der Waals surface area contributed by atoms with Gasteiger partial charge in [0.15, 0.2) is 5.75 Å². The number of nitrogens with two attached hydrogens (primary N) is 1. The lowest BCUT2D eigenvalue weighted by Gasteiger charge is -2.14. The first-order valence-electron chi connectivity index (χ1n) is 6.91. The third-order valence-corrected chi connectivity index (χ3v) is 3.21. The summed E-state index contributed by atoms with van der Waals surface area (Å²) in [6.07, 6.45) is 2.36. The molecule has 0 bridgehead atoms. The Labute approximate surface area is 124 Å². The molecule has 0 aliphatic carbocycles. The highest BCUT2D eigenvalue weighted by Crippen LogP contribution is 2.28. The monoisotopic (exact) mass is 291 g/mol. The lowest BCUT2D eigenvalue weighted by molar-refractivity contribution is -0.385. The molecule has 1 aromatic rings. The van der Waals surface area contributed by atoms with Crippen LogP contribution in [0.1, 0.15) is 38.7 Å². The van der Waals surface area contributed by atoms with Crippen molar-refractivity contribution < 1.29 is 9.66 Å². The Morgan fingerprint density at radius 2 is 2.14 bits per heavy atom. The SMILES string of the molecule is CC(C)(C#N)CCCCOc1cc(CN)ccc1[N+](=O)[O-]. The maximum absolute atomic E-state index is 10.9. The summed E-state index contributed by atoms with van der Waals surface area (Å²) in [4.78, 5) is 10.5. The molecule has 0 atom stereocenters. The molecule has 0 unspecified atom stereocenters. The Kier molecular flexibility index (Phi) is 6.12. The van der Waals surface area contributed by atoms with Crippen LogP contribution in [0.3, 0.4) is 0 Å². The van der Waals surface area contributed by atoms with Crippen molar-refractivity contribution in [2.75, 3.05) is 6.61 Å². The van der Waals surface area contributed by atoms with E-state index in [1.807, 2.05) is 13.8 Å². The van der Waals surface area contributed by atoms with Gasteiger partial charge in [0.2, 0.25) is 0 Å². The van der Waals surface area contributed by atoms with E-state index in [4.69, 9.17) is 15.7 Å². The van der Waals surface area contributed by atoms with Crippen LogP contribution < -0.4 is 10.5 Å². The predicted octanol–water partition coefficient (Wildman–Crippen LogP) is 3.15. The van der Waals surface area contributed by atoms with E-state index in [1.165, 1.54) is 6.07 Å². The van der Waals surface area contributed by atoms with Gasteiger partial charge in [0.05, 0.1) is 23.0 Å². The van der Waals surface area contributed by atoms with Gasteiger partial charge >= 0.3 is 5.69 Å². The average Bonchev–Trinajstić information content (AvgIpc) is 2.46. The van der Waals surface area contributed by atoms with Gasteiger partial charge in [-0.25, -0.2) is 0 Å². The van der Waals surface area contributed by atoms with E-state index in [-0.39, 0.29) is 16.9 Å². The number of nitro groups is 1. The van der Waals surface area contributed by atoms with Gasteiger partial charge in [-0.3, -0.25) is 10.1 Å². The van der Waals surface area contributed by atoms with Crippen LogP contribution in [0.2, 0.25) is 0 Å². The van der Waals surface area contributed by atoms with Gasteiger partial charge < -0.3 is 10.5 Å². The third kappa shape index (κ3) is 5.40. The molecule has 0 saturated heterocycles. The third-order valence-electron chi connectivity index (χ3n) is 3.21. The topological polar surface area (TPSA) is 102 Å². The summed E-state index contributed by atoms with van der Waals surface area (Å²) in [6, 6.07) is 6.89. The first-order chi connectivity index (χ1) is 9.89. The van der Waals surface area contributed by atoms with E-state index in [9.17, 15) is 10.1 Å². The molecule has 0 radical (unpaired) electrons. The fourth-order valence-corrected chi connectivity index (χ4v) is 1.86. The molecule has 0 aliphatic rings. The Bertz CT molecular complexity index is 535. The van der Waals surface area contributed by atoms with E-state index >= 15 is 0 Å². The highest BCUT2D eigenvalue weighted by atomic mass is 16.6. The van der Waals surface area contributed by atoms with Crippen LogP contribution in [-0.4, -0.2) is 11.5 Å². The lowest BCUT2D eigenvalue weighted by Crippen LogP contribution is -2.08. The molecule has 0 saturated carbocycles. The minimum absolute atomic E-state index is 0.0513. The number of rotatable bonds is 8. The summed E-state index contributed by atoms with van der Waals surface area (Å²) in [6.45, 7) is 4.48. The number of ether oxygens (including phenoxy) is 1. The zero-order valence-electron chi connectivity index (χ0n) is 12.5. The normalized spacial score (nSPS) is 11.0. The molecule has 6 nitrogen and oxygen atoms in total. The number of nitro benzene ring substituents is 1. The molecule has 1 rings (SSSR count). The van der Waals surface area contributed by atoms with E-state index in [0.717, 1.165) is 24.8 Å². The number of benzene rings is 1. The summed E-state index contributed by atoms with van der Waals surface area (Å²) in [5.41, 5.74) is 5.93.